The van der Waals surface area contributed by atoms with Crippen LogP contribution in [0.4, 0.5) is 10.5 Å². The Morgan fingerprint density at radius 3 is 2.81 bits per heavy atom. The Morgan fingerprint density at radius 1 is 1.19 bits per heavy atom. The number of nitrogens with zero attached hydrogens (tertiary/aromatic N) is 2. The normalized spacial score (nSPS) is 10.8. The fourth-order valence-electron chi connectivity index (χ4n) is 2.84. The van der Waals surface area contributed by atoms with Crippen LogP contribution in [0.25, 0.3) is 22.2 Å². The van der Waals surface area contributed by atoms with Gasteiger partial charge >= 0.3 is 6.03 Å². The largest absolute Gasteiger partial charge is 0.333 e. The number of rotatable bonds is 4. The number of hydrogen-bond acceptors (Lipinski definition) is 4. The van der Waals surface area contributed by atoms with Gasteiger partial charge in [-0.2, -0.15) is 5.10 Å². The number of nitrogens with one attached hydrogen (secondary N) is 3. The van der Waals surface area contributed by atoms with Crippen molar-refractivity contribution in [1.29, 1.82) is 0 Å². The minimum Gasteiger partial charge on any atom is -0.333 e. The summed E-state index contributed by atoms with van der Waals surface area (Å²) in [4.78, 5) is 17.4. The zero-order valence-electron chi connectivity index (χ0n) is 14.1. The smallest absolute Gasteiger partial charge is 0.319 e. The molecule has 3 N–H and O–H groups in total. The van der Waals surface area contributed by atoms with Crippen LogP contribution in [0.1, 0.15) is 10.6 Å². The predicted molar refractivity (Wildman–Crippen MR) is 104 cm³/mol. The molecule has 4 rings (SSSR count). The number of carbonyl (C=O) groups is 1. The van der Waals surface area contributed by atoms with Gasteiger partial charge < -0.3 is 10.6 Å². The molecule has 7 heteroatoms. The van der Waals surface area contributed by atoms with Crippen LogP contribution in [0.5, 0.6) is 0 Å². The molecule has 26 heavy (non-hydrogen) atoms. The molecule has 3 aromatic heterocycles. The summed E-state index contributed by atoms with van der Waals surface area (Å²) >= 11 is 1.62. The van der Waals surface area contributed by atoms with Gasteiger partial charge in [-0.3, -0.25) is 5.10 Å². The summed E-state index contributed by atoms with van der Waals surface area (Å²) < 4.78 is 0. The van der Waals surface area contributed by atoms with E-state index >= 15 is 0 Å². The molecule has 3 heterocycles. The number of benzene rings is 1. The van der Waals surface area contributed by atoms with E-state index in [4.69, 9.17) is 0 Å². The molecule has 1 aromatic carbocycles. The van der Waals surface area contributed by atoms with Crippen molar-refractivity contribution in [2.75, 3.05) is 5.32 Å². The molecule has 4 aromatic rings. The quantitative estimate of drug-likeness (QED) is 0.505. The van der Waals surface area contributed by atoms with Gasteiger partial charge in [-0.1, -0.05) is 18.2 Å². The summed E-state index contributed by atoms with van der Waals surface area (Å²) in [6, 6.07) is 13.5. The Morgan fingerprint density at radius 2 is 2.04 bits per heavy atom. The first-order chi connectivity index (χ1) is 12.7. The molecular weight excluding hydrogens is 346 g/mol. The van der Waals surface area contributed by atoms with Crippen LogP contribution in [0.3, 0.4) is 0 Å². The lowest BCUT2D eigenvalue weighted by atomic mass is 10.0. The van der Waals surface area contributed by atoms with E-state index in [1.54, 1.807) is 17.5 Å². The van der Waals surface area contributed by atoms with Gasteiger partial charge in [0.2, 0.25) is 0 Å². The fourth-order valence-corrected chi connectivity index (χ4v) is 3.48. The third kappa shape index (κ3) is 3.29. The van der Waals surface area contributed by atoms with Gasteiger partial charge in [0.25, 0.3) is 0 Å². The Hall–Kier alpha value is -3.19. The number of anilines is 1. The second-order valence-electron chi connectivity index (χ2n) is 5.86. The van der Waals surface area contributed by atoms with Crippen molar-refractivity contribution in [3.63, 3.8) is 0 Å². The Labute approximate surface area is 154 Å². The highest BCUT2D eigenvalue weighted by molar-refractivity contribution is 7.09. The van der Waals surface area contributed by atoms with Gasteiger partial charge in [0.1, 0.15) is 0 Å². The molecule has 0 unspecified atom stereocenters. The van der Waals surface area contributed by atoms with Crippen LogP contribution in [-0.4, -0.2) is 21.2 Å². The number of pyridine rings is 1. The van der Waals surface area contributed by atoms with Crippen molar-refractivity contribution in [2.24, 2.45) is 0 Å². The lowest BCUT2D eigenvalue weighted by Gasteiger charge is -2.08. The first-order valence-electron chi connectivity index (χ1n) is 8.18. The minimum absolute atomic E-state index is 0.219. The van der Waals surface area contributed by atoms with E-state index in [-0.39, 0.29) is 6.03 Å². The van der Waals surface area contributed by atoms with E-state index in [1.807, 2.05) is 54.8 Å². The SMILES string of the molecule is Cc1n[nH]c2nccc(-c3ccc(NC(=O)NCc4cccs4)cc3)c12. The van der Waals surface area contributed by atoms with E-state index in [1.165, 1.54) is 0 Å². The first kappa shape index (κ1) is 16.3. The van der Waals surface area contributed by atoms with Gasteiger partial charge in [-0.05, 0) is 47.7 Å². The first-order valence-corrected chi connectivity index (χ1v) is 9.06. The summed E-state index contributed by atoms with van der Waals surface area (Å²) in [5.74, 6) is 0. The standard InChI is InChI=1S/C19H17N5OS/c1-12-17-16(8-9-20-18(17)24-23-12)13-4-6-14(7-5-13)22-19(25)21-11-15-3-2-10-26-15/h2-10H,11H2,1H3,(H,20,23,24)(H2,21,22,25). The average Bonchev–Trinajstić information content (AvgIpc) is 3.31. The summed E-state index contributed by atoms with van der Waals surface area (Å²) in [5, 5.41) is 15.9. The number of urea groups is 1. The van der Waals surface area contributed by atoms with Crippen molar-refractivity contribution >= 4 is 34.1 Å². The summed E-state index contributed by atoms with van der Waals surface area (Å²) in [7, 11) is 0. The molecule has 2 amide bonds. The number of aryl methyl sites for hydroxylation is 1. The van der Waals surface area contributed by atoms with E-state index < -0.39 is 0 Å². The number of hydrogen-bond donors (Lipinski definition) is 3. The predicted octanol–water partition coefficient (Wildman–Crippen LogP) is 4.32. The van der Waals surface area contributed by atoms with Crippen LogP contribution >= 0.6 is 11.3 Å². The molecule has 0 aliphatic carbocycles. The molecule has 0 saturated carbocycles. The molecule has 0 fully saturated rings. The zero-order chi connectivity index (χ0) is 17.9. The van der Waals surface area contributed by atoms with Gasteiger partial charge in [-0.25, -0.2) is 9.78 Å². The van der Waals surface area contributed by atoms with Crippen molar-refractivity contribution < 1.29 is 4.79 Å². The van der Waals surface area contributed by atoms with E-state index in [9.17, 15) is 4.79 Å². The molecule has 0 saturated heterocycles. The van der Waals surface area contributed by atoms with Crippen LogP contribution in [0.15, 0.2) is 54.0 Å². The van der Waals surface area contributed by atoms with Gasteiger partial charge in [0, 0.05) is 22.1 Å². The molecular formula is C19H17N5OS. The van der Waals surface area contributed by atoms with E-state index in [0.717, 1.165) is 38.4 Å². The van der Waals surface area contributed by atoms with Crippen LogP contribution < -0.4 is 10.6 Å². The van der Waals surface area contributed by atoms with Crippen molar-refractivity contribution in [1.82, 2.24) is 20.5 Å². The number of fused-ring (bicyclic) bond motifs is 1. The third-order valence-electron chi connectivity index (χ3n) is 4.10. The number of amides is 2. The number of H-pyrrole nitrogens is 1. The van der Waals surface area contributed by atoms with Gasteiger partial charge in [0.15, 0.2) is 5.65 Å². The number of thiophene rings is 1. The molecule has 0 aliphatic rings. The molecule has 6 nitrogen and oxygen atoms in total. The summed E-state index contributed by atoms with van der Waals surface area (Å²) in [6.07, 6.45) is 1.76. The van der Waals surface area contributed by atoms with Gasteiger partial charge in [-0.15, -0.1) is 11.3 Å². The van der Waals surface area contributed by atoms with E-state index in [0.29, 0.717) is 6.54 Å². The summed E-state index contributed by atoms with van der Waals surface area (Å²) in [5.41, 5.74) is 4.54. The summed E-state index contributed by atoms with van der Waals surface area (Å²) in [6.45, 7) is 2.48. The minimum atomic E-state index is -0.219. The van der Waals surface area contributed by atoms with E-state index in [2.05, 4.69) is 25.8 Å². The maximum Gasteiger partial charge on any atom is 0.319 e. The second-order valence-corrected chi connectivity index (χ2v) is 6.89. The molecule has 0 spiro atoms. The number of aromatic nitrogens is 3. The van der Waals surface area contributed by atoms with Crippen molar-refractivity contribution in [3.8, 4) is 11.1 Å². The molecule has 130 valence electrons. The number of aromatic amines is 1. The van der Waals surface area contributed by atoms with Crippen molar-refractivity contribution in [3.05, 3.63) is 64.6 Å². The highest BCUT2D eigenvalue weighted by atomic mass is 32.1. The van der Waals surface area contributed by atoms with Gasteiger partial charge in [0.05, 0.1) is 12.2 Å². The second kappa shape index (κ2) is 6.97. The highest BCUT2D eigenvalue weighted by Crippen LogP contribution is 2.29. The third-order valence-corrected chi connectivity index (χ3v) is 4.98. The lowest BCUT2D eigenvalue weighted by Crippen LogP contribution is -2.27. The van der Waals surface area contributed by atoms with Crippen LogP contribution in [-0.2, 0) is 6.54 Å². The maximum atomic E-state index is 12.0. The average molecular weight is 363 g/mol. The van der Waals surface area contributed by atoms with Crippen molar-refractivity contribution in [2.45, 2.75) is 13.5 Å². The van der Waals surface area contributed by atoms with Crippen LogP contribution in [0.2, 0.25) is 0 Å². The fraction of sp³-hybridized carbons (Fsp3) is 0.105. The molecule has 0 radical (unpaired) electrons. The molecule has 0 atom stereocenters. The Bertz CT molecular complexity index is 1040. The molecule has 0 bridgehead atoms. The monoisotopic (exact) mass is 363 g/mol. The lowest BCUT2D eigenvalue weighted by molar-refractivity contribution is 0.252. The maximum absolute atomic E-state index is 12.0. The highest BCUT2D eigenvalue weighted by Gasteiger charge is 2.10. The molecule has 0 aliphatic heterocycles. The number of carbonyl (C=O) groups excluding carboxylic acids is 1. The Balaban J connectivity index is 1.48. The topological polar surface area (TPSA) is 82.7 Å². The van der Waals surface area contributed by atoms with Crippen LogP contribution in [0, 0.1) is 6.92 Å². The zero-order valence-corrected chi connectivity index (χ0v) is 14.9. The Kier molecular flexibility index (Phi) is 4.37.